The summed E-state index contributed by atoms with van der Waals surface area (Å²) in [6, 6.07) is 7.84. The van der Waals surface area contributed by atoms with Gasteiger partial charge in [0.05, 0.1) is 18.0 Å². The van der Waals surface area contributed by atoms with Crippen LogP contribution in [0.25, 0.3) is 22.3 Å². The first-order chi connectivity index (χ1) is 18.0. The van der Waals surface area contributed by atoms with Crippen LogP contribution in [-0.2, 0) is 9.53 Å². The van der Waals surface area contributed by atoms with E-state index in [1.54, 1.807) is 19.3 Å². The maximum absolute atomic E-state index is 12.7. The Morgan fingerprint density at radius 2 is 2.08 bits per heavy atom. The Bertz CT molecular complexity index is 1360. The predicted octanol–water partition coefficient (Wildman–Crippen LogP) is 4.10. The van der Waals surface area contributed by atoms with Crippen molar-refractivity contribution in [3.05, 3.63) is 67.0 Å². The number of hydrogen-bond donors (Lipinski definition) is 1. The largest absolute Gasteiger partial charge is 0.483 e. The minimum Gasteiger partial charge on any atom is -0.483 e. The summed E-state index contributed by atoms with van der Waals surface area (Å²) in [5.74, 6) is 1.13. The lowest BCUT2D eigenvalue weighted by Crippen LogP contribution is -2.40. The molecular formula is C28H32N6O3. The molecule has 9 heteroatoms. The molecule has 5 rings (SSSR count). The van der Waals surface area contributed by atoms with Crippen molar-refractivity contribution in [2.24, 2.45) is 0 Å². The van der Waals surface area contributed by atoms with E-state index in [9.17, 15) is 4.79 Å². The Morgan fingerprint density at radius 3 is 2.84 bits per heavy atom. The zero-order chi connectivity index (χ0) is 25.8. The quantitative estimate of drug-likeness (QED) is 0.487. The summed E-state index contributed by atoms with van der Waals surface area (Å²) in [5.41, 5.74) is 8.24. The number of likely N-dealkylation sites (tertiary alicyclic amines) is 1. The molecule has 1 aliphatic carbocycles. The number of carbonyl (C=O) groups is 1. The zero-order valence-corrected chi connectivity index (χ0v) is 21.2. The van der Waals surface area contributed by atoms with Crippen molar-refractivity contribution in [1.82, 2.24) is 24.6 Å². The number of nitrogens with zero attached hydrogens (tertiary/aromatic N) is 5. The number of rotatable bonds is 7. The highest BCUT2D eigenvalue weighted by atomic mass is 16.5. The number of anilines is 1. The number of nitrogens with two attached hydrogens (primary N) is 1. The normalized spacial score (nSPS) is 21.7. The van der Waals surface area contributed by atoms with E-state index in [-0.39, 0.29) is 17.6 Å². The van der Waals surface area contributed by atoms with Crippen LogP contribution in [0, 0.1) is 0 Å². The van der Waals surface area contributed by atoms with Crippen LogP contribution in [0.1, 0.15) is 32.2 Å². The Kier molecular flexibility index (Phi) is 7.05. The van der Waals surface area contributed by atoms with Gasteiger partial charge in [0.25, 0.3) is 0 Å². The molecule has 2 aliphatic rings. The molecule has 2 unspecified atom stereocenters. The first-order valence-corrected chi connectivity index (χ1v) is 12.5. The second-order valence-corrected chi connectivity index (χ2v) is 9.62. The van der Waals surface area contributed by atoms with Crippen LogP contribution in [-0.4, -0.2) is 63.0 Å². The summed E-state index contributed by atoms with van der Waals surface area (Å²) in [4.78, 5) is 23.3. The molecule has 9 nitrogen and oxygen atoms in total. The number of allylic oxidation sites excluding steroid dienone is 2. The number of amides is 1. The average molecular weight is 501 g/mol. The Morgan fingerprint density at radius 1 is 1.24 bits per heavy atom. The Hall–Kier alpha value is -3.98. The molecule has 1 aliphatic heterocycles. The van der Waals surface area contributed by atoms with Gasteiger partial charge in [0.2, 0.25) is 5.91 Å². The van der Waals surface area contributed by atoms with Crippen molar-refractivity contribution >= 4 is 22.8 Å². The molecule has 0 radical (unpaired) electrons. The molecule has 1 amide bonds. The molecule has 37 heavy (non-hydrogen) atoms. The highest BCUT2D eigenvalue weighted by Crippen LogP contribution is 2.35. The highest BCUT2D eigenvalue weighted by Gasteiger charge is 2.28. The van der Waals surface area contributed by atoms with Crippen LogP contribution in [0.5, 0.6) is 5.75 Å². The van der Waals surface area contributed by atoms with E-state index in [2.05, 4.69) is 29.0 Å². The minimum atomic E-state index is -0.369. The number of piperidine rings is 1. The number of nitrogen functional groups attached to an aromatic ring is 1. The van der Waals surface area contributed by atoms with Gasteiger partial charge >= 0.3 is 0 Å². The van der Waals surface area contributed by atoms with Crippen LogP contribution in [0.4, 0.5) is 5.82 Å². The molecule has 2 N–H and O–H groups in total. The standard InChI is InChI=1S/C28H32N6O3/c1-28(14-4-3-5-15-28)37-22-12-10-20(11-13-22)25-24-26(29)30-19-31-27(24)34(32-25)21-8-6-16-33(18-21)23(35)9-7-17-36-2/h3-5,7,9-14,19,21H,6,8,15-18H2,1-2H3,(H2,29,30,31)/b9-7+. The third-order valence-electron chi connectivity index (χ3n) is 6.79. The SMILES string of the molecule is COC/C=C/C(=O)N1CCCC(n2nc(-c3ccc(OC4(C)C=CC=CC4)cc3)c3c(N)ncnc32)C1. The predicted molar refractivity (Wildman–Crippen MR) is 143 cm³/mol. The topological polar surface area (TPSA) is 108 Å². The third-order valence-corrected chi connectivity index (χ3v) is 6.79. The van der Waals surface area contributed by atoms with Crippen LogP contribution >= 0.6 is 0 Å². The van der Waals surface area contributed by atoms with Crippen LogP contribution in [0.2, 0.25) is 0 Å². The van der Waals surface area contributed by atoms with Gasteiger partial charge in [0, 0.05) is 38.3 Å². The fraction of sp³-hybridized carbons (Fsp3) is 0.357. The number of ether oxygens (including phenoxy) is 2. The first kappa shape index (κ1) is 24.7. The van der Waals surface area contributed by atoms with Gasteiger partial charge in [0.15, 0.2) is 5.65 Å². The number of carbonyl (C=O) groups excluding carboxylic acids is 1. The van der Waals surface area contributed by atoms with Gasteiger partial charge in [-0.1, -0.05) is 24.3 Å². The van der Waals surface area contributed by atoms with Crippen LogP contribution in [0.3, 0.4) is 0 Å². The van der Waals surface area contributed by atoms with Crippen molar-refractivity contribution < 1.29 is 14.3 Å². The molecule has 3 heterocycles. The number of aromatic nitrogens is 4. The smallest absolute Gasteiger partial charge is 0.246 e. The highest BCUT2D eigenvalue weighted by molar-refractivity contribution is 5.98. The minimum absolute atomic E-state index is 0.0206. The van der Waals surface area contributed by atoms with E-state index < -0.39 is 0 Å². The van der Waals surface area contributed by atoms with E-state index in [1.807, 2.05) is 46.0 Å². The number of benzene rings is 1. The molecule has 1 aromatic carbocycles. The zero-order valence-electron chi connectivity index (χ0n) is 21.2. The van der Waals surface area contributed by atoms with E-state index in [4.69, 9.17) is 20.3 Å². The van der Waals surface area contributed by atoms with Gasteiger partial charge in [-0.3, -0.25) is 4.79 Å². The van der Waals surface area contributed by atoms with Crippen LogP contribution < -0.4 is 10.5 Å². The van der Waals surface area contributed by atoms with E-state index in [1.165, 1.54) is 6.33 Å². The van der Waals surface area contributed by atoms with Gasteiger partial charge in [0.1, 0.15) is 29.2 Å². The monoisotopic (exact) mass is 500 g/mol. The summed E-state index contributed by atoms with van der Waals surface area (Å²) in [5, 5.41) is 5.68. The maximum Gasteiger partial charge on any atom is 0.246 e. The molecule has 1 fully saturated rings. The lowest BCUT2D eigenvalue weighted by molar-refractivity contribution is -0.127. The maximum atomic E-state index is 12.7. The second-order valence-electron chi connectivity index (χ2n) is 9.62. The van der Waals surface area contributed by atoms with Crippen molar-refractivity contribution in [3.8, 4) is 17.0 Å². The van der Waals surface area contributed by atoms with Crippen molar-refractivity contribution in [2.45, 2.75) is 37.8 Å². The summed E-state index contributed by atoms with van der Waals surface area (Å²) in [6.45, 7) is 3.73. The van der Waals surface area contributed by atoms with Gasteiger partial charge in [-0.25, -0.2) is 14.6 Å². The second kappa shape index (κ2) is 10.6. The molecular weight excluding hydrogens is 468 g/mol. The van der Waals surface area contributed by atoms with Gasteiger partial charge in [-0.15, -0.1) is 0 Å². The number of fused-ring (bicyclic) bond motifs is 1. The summed E-state index contributed by atoms with van der Waals surface area (Å²) < 4.78 is 13.2. The molecule has 2 atom stereocenters. The lowest BCUT2D eigenvalue weighted by atomic mass is 9.97. The fourth-order valence-electron chi connectivity index (χ4n) is 4.89. The average Bonchev–Trinajstić information content (AvgIpc) is 3.30. The van der Waals surface area contributed by atoms with Crippen molar-refractivity contribution in [1.29, 1.82) is 0 Å². The lowest BCUT2D eigenvalue weighted by Gasteiger charge is -2.32. The Labute approximate surface area is 216 Å². The summed E-state index contributed by atoms with van der Waals surface area (Å²) in [7, 11) is 1.60. The molecule has 0 saturated carbocycles. The molecule has 1 saturated heterocycles. The van der Waals surface area contributed by atoms with E-state index >= 15 is 0 Å². The molecule has 0 spiro atoms. The number of hydrogen-bond acceptors (Lipinski definition) is 7. The molecule has 0 bridgehead atoms. The summed E-state index contributed by atoms with van der Waals surface area (Å²) in [6.07, 6.45) is 15.6. The van der Waals surface area contributed by atoms with Gasteiger partial charge < -0.3 is 20.1 Å². The van der Waals surface area contributed by atoms with E-state index in [0.717, 1.165) is 36.3 Å². The molecule has 2 aromatic heterocycles. The van der Waals surface area contributed by atoms with Crippen molar-refractivity contribution in [3.63, 3.8) is 0 Å². The van der Waals surface area contributed by atoms with Crippen molar-refractivity contribution in [2.75, 3.05) is 32.5 Å². The van der Waals surface area contributed by atoms with E-state index in [0.29, 0.717) is 36.5 Å². The number of methoxy groups -OCH3 is 1. The fourth-order valence-corrected chi connectivity index (χ4v) is 4.89. The third kappa shape index (κ3) is 5.27. The summed E-state index contributed by atoms with van der Waals surface area (Å²) >= 11 is 0. The Balaban J connectivity index is 1.43. The van der Waals surface area contributed by atoms with Crippen LogP contribution in [0.15, 0.2) is 67.0 Å². The van der Waals surface area contributed by atoms with Gasteiger partial charge in [-0.2, -0.15) is 5.10 Å². The van der Waals surface area contributed by atoms with Gasteiger partial charge in [-0.05, 0) is 50.1 Å². The molecule has 192 valence electrons. The first-order valence-electron chi connectivity index (χ1n) is 12.5. The molecule has 3 aromatic rings.